The Balaban J connectivity index is 4.31. The lowest BCUT2D eigenvalue weighted by molar-refractivity contribution is -0.168. The van der Waals surface area contributed by atoms with Crippen molar-refractivity contribution in [3.8, 4) is 0 Å². The molecule has 0 nitrogen and oxygen atoms in total. The summed E-state index contributed by atoms with van der Waals surface area (Å²) >= 11 is 0. The Hall–Kier alpha value is -0.680. The van der Waals surface area contributed by atoms with Gasteiger partial charge >= 0.3 is 12.4 Å². The van der Waals surface area contributed by atoms with Gasteiger partial charge in [-0.15, -0.1) is 0 Å². The van der Waals surface area contributed by atoms with Crippen LogP contribution in [-0.4, -0.2) is 12.4 Å². The molecule has 6 heteroatoms. The zero-order valence-electron chi connectivity index (χ0n) is 7.63. The van der Waals surface area contributed by atoms with E-state index in [-0.39, 0.29) is 0 Å². The maximum absolute atomic E-state index is 11.9. The molecule has 0 N–H and O–H groups in total. The molecule has 0 aromatic rings. The van der Waals surface area contributed by atoms with Crippen LogP contribution in [0.2, 0.25) is 0 Å². The highest BCUT2D eigenvalue weighted by Crippen LogP contribution is 2.31. The quantitative estimate of drug-likeness (QED) is 0.485. The van der Waals surface area contributed by atoms with Crippen molar-refractivity contribution in [1.29, 1.82) is 0 Å². The molecular formula is C8H10F6. The third-order valence-electron chi connectivity index (χ3n) is 1.78. The Morgan fingerprint density at radius 1 is 1.14 bits per heavy atom. The highest BCUT2D eigenvalue weighted by Gasteiger charge is 2.36. The summed E-state index contributed by atoms with van der Waals surface area (Å²) in [6.07, 6.45) is -9.05. The minimum absolute atomic E-state index is 0.568. The first-order chi connectivity index (χ1) is 6.05. The van der Waals surface area contributed by atoms with Gasteiger partial charge in [0.2, 0.25) is 0 Å². The molecule has 1 atom stereocenters. The van der Waals surface area contributed by atoms with Gasteiger partial charge in [0.05, 0.1) is 5.92 Å². The van der Waals surface area contributed by atoms with E-state index in [0.717, 1.165) is 13.8 Å². The van der Waals surface area contributed by atoms with Gasteiger partial charge in [0.1, 0.15) is 0 Å². The van der Waals surface area contributed by atoms with E-state index in [1.807, 2.05) is 0 Å². The van der Waals surface area contributed by atoms with Crippen LogP contribution < -0.4 is 0 Å². The number of hydrogen-bond acceptors (Lipinski definition) is 0. The molecule has 0 aliphatic carbocycles. The fourth-order valence-electron chi connectivity index (χ4n) is 0.603. The molecule has 0 aliphatic heterocycles. The molecule has 14 heavy (non-hydrogen) atoms. The smallest absolute Gasteiger partial charge is 0.171 e. The largest absolute Gasteiger partial charge is 0.412 e. The third-order valence-corrected chi connectivity index (χ3v) is 1.78. The van der Waals surface area contributed by atoms with Gasteiger partial charge < -0.3 is 0 Å². The summed E-state index contributed by atoms with van der Waals surface area (Å²) in [6.45, 7) is 1.60. The van der Waals surface area contributed by atoms with Gasteiger partial charge in [-0.1, -0.05) is 13.0 Å². The van der Waals surface area contributed by atoms with Gasteiger partial charge in [-0.25, -0.2) is 0 Å². The summed E-state index contributed by atoms with van der Waals surface area (Å²) in [5, 5.41) is 0. The molecule has 0 aromatic heterocycles. The molecule has 0 saturated heterocycles. The summed E-state index contributed by atoms with van der Waals surface area (Å²) in [7, 11) is 0. The van der Waals surface area contributed by atoms with Crippen molar-refractivity contribution >= 4 is 0 Å². The average molecular weight is 220 g/mol. The first-order valence-electron chi connectivity index (χ1n) is 3.86. The van der Waals surface area contributed by atoms with E-state index in [9.17, 15) is 26.3 Å². The average Bonchev–Trinajstić information content (AvgIpc) is 1.95. The third kappa shape index (κ3) is 4.53. The van der Waals surface area contributed by atoms with Crippen LogP contribution in [0.4, 0.5) is 26.3 Å². The van der Waals surface area contributed by atoms with Crippen molar-refractivity contribution in [3.63, 3.8) is 0 Å². The lowest BCUT2D eigenvalue weighted by Crippen LogP contribution is -2.19. The number of allylic oxidation sites excluding steroid dienone is 2. The van der Waals surface area contributed by atoms with Crippen LogP contribution >= 0.6 is 0 Å². The predicted octanol–water partition coefficient (Wildman–Crippen LogP) is 4.08. The van der Waals surface area contributed by atoms with Crippen molar-refractivity contribution in [2.45, 2.75) is 32.6 Å². The summed E-state index contributed by atoms with van der Waals surface area (Å²) in [6, 6.07) is 0. The van der Waals surface area contributed by atoms with Crippen molar-refractivity contribution < 1.29 is 26.3 Å². The highest BCUT2D eigenvalue weighted by molar-refractivity contribution is 5.05. The van der Waals surface area contributed by atoms with Gasteiger partial charge in [0, 0.05) is 5.57 Å². The SMILES string of the molecule is C/C(=C\CC(C)C(F)(F)F)C(F)(F)F. The van der Waals surface area contributed by atoms with E-state index in [4.69, 9.17) is 0 Å². The lowest BCUT2D eigenvalue weighted by atomic mass is 10.1. The second-order valence-corrected chi connectivity index (χ2v) is 3.06. The van der Waals surface area contributed by atoms with Gasteiger partial charge in [0.25, 0.3) is 0 Å². The van der Waals surface area contributed by atoms with E-state index in [2.05, 4.69) is 0 Å². The minimum Gasteiger partial charge on any atom is -0.171 e. The van der Waals surface area contributed by atoms with E-state index >= 15 is 0 Å². The van der Waals surface area contributed by atoms with Gasteiger partial charge in [-0.05, 0) is 13.3 Å². The van der Waals surface area contributed by atoms with Crippen LogP contribution in [-0.2, 0) is 0 Å². The Kier molecular flexibility index (Phi) is 4.02. The molecule has 0 amide bonds. The van der Waals surface area contributed by atoms with Crippen molar-refractivity contribution in [1.82, 2.24) is 0 Å². The zero-order chi connectivity index (χ0) is 11.6. The first kappa shape index (κ1) is 13.3. The number of hydrogen-bond donors (Lipinski definition) is 0. The van der Waals surface area contributed by atoms with Crippen LogP contribution in [0.5, 0.6) is 0 Å². The topological polar surface area (TPSA) is 0 Å². The normalized spacial score (nSPS) is 17.0. The molecule has 0 radical (unpaired) electrons. The number of alkyl halides is 6. The van der Waals surface area contributed by atoms with Gasteiger partial charge in [-0.3, -0.25) is 0 Å². The molecular weight excluding hydrogens is 210 g/mol. The second-order valence-electron chi connectivity index (χ2n) is 3.06. The van der Waals surface area contributed by atoms with Gasteiger partial charge in [-0.2, -0.15) is 26.3 Å². The van der Waals surface area contributed by atoms with Crippen LogP contribution in [0.3, 0.4) is 0 Å². The predicted molar refractivity (Wildman–Crippen MR) is 39.6 cm³/mol. The molecule has 0 rings (SSSR count). The first-order valence-corrected chi connectivity index (χ1v) is 3.86. The molecule has 0 heterocycles. The molecule has 0 fully saturated rings. The highest BCUT2D eigenvalue weighted by atomic mass is 19.4. The molecule has 0 aromatic carbocycles. The summed E-state index contributed by atoms with van der Waals surface area (Å²) < 4.78 is 71.2. The molecule has 0 spiro atoms. The number of rotatable bonds is 2. The summed E-state index contributed by atoms with van der Waals surface area (Å²) in [4.78, 5) is 0. The fraction of sp³-hybridized carbons (Fsp3) is 0.750. The molecule has 0 bridgehead atoms. The Bertz CT molecular complexity index is 209. The van der Waals surface area contributed by atoms with Crippen LogP contribution in [0, 0.1) is 5.92 Å². The van der Waals surface area contributed by atoms with Crippen LogP contribution in [0.25, 0.3) is 0 Å². The minimum atomic E-state index is -4.54. The Morgan fingerprint density at radius 3 is 1.86 bits per heavy atom. The second kappa shape index (κ2) is 4.23. The van der Waals surface area contributed by atoms with Crippen molar-refractivity contribution in [3.05, 3.63) is 11.6 Å². The zero-order valence-corrected chi connectivity index (χ0v) is 7.63. The molecule has 84 valence electrons. The summed E-state index contributed by atoms with van der Waals surface area (Å²) in [5.74, 6) is -1.75. The molecule has 1 unspecified atom stereocenters. The maximum Gasteiger partial charge on any atom is 0.412 e. The standard InChI is InChI=1S/C8H10F6/c1-5(7(9,10)11)3-4-6(2)8(12,13)14/h3,6H,4H2,1-2H3/b5-3+. The number of halogens is 6. The maximum atomic E-state index is 11.9. The Labute approximate surface area is 77.6 Å². The fourth-order valence-corrected chi connectivity index (χ4v) is 0.603. The van der Waals surface area contributed by atoms with E-state index in [1.165, 1.54) is 0 Å². The van der Waals surface area contributed by atoms with Crippen LogP contribution in [0.1, 0.15) is 20.3 Å². The van der Waals surface area contributed by atoms with Gasteiger partial charge in [0.15, 0.2) is 0 Å². The molecule has 0 saturated carbocycles. The summed E-state index contributed by atoms with van der Waals surface area (Å²) in [5.41, 5.74) is -0.992. The van der Waals surface area contributed by atoms with E-state index in [1.54, 1.807) is 0 Å². The Morgan fingerprint density at radius 2 is 1.57 bits per heavy atom. The van der Waals surface area contributed by atoms with Crippen molar-refractivity contribution in [2.24, 2.45) is 5.92 Å². The van der Waals surface area contributed by atoms with Crippen LogP contribution in [0.15, 0.2) is 11.6 Å². The van der Waals surface area contributed by atoms with E-state index in [0.29, 0.717) is 6.08 Å². The van der Waals surface area contributed by atoms with Crippen molar-refractivity contribution in [2.75, 3.05) is 0 Å². The monoisotopic (exact) mass is 220 g/mol. The molecule has 0 aliphatic rings. The van der Waals surface area contributed by atoms with E-state index < -0.39 is 30.3 Å². The lowest BCUT2D eigenvalue weighted by Gasteiger charge is -2.14.